The highest BCUT2D eigenvalue weighted by Crippen LogP contribution is 2.27. The van der Waals surface area contributed by atoms with Crippen LogP contribution in [0.15, 0.2) is 23.8 Å². The van der Waals surface area contributed by atoms with Crippen LogP contribution < -0.4 is 15.4 Å². The summed E-state index contributed by atoms with van der Waals surface area (Å²) in [5.41, 5.74) is 0.118. The summed E-state index contributed by atoms with van der Waals surface area (Å²) in [6.07, 6.45) is 1.14. The van der Waals surface area contributed by atoms with Crippen LogP contribution in [0.25, 0.3) is 6.08 Å². The maximum atomic E-state index is 11.7. The third kappa shape index (κ3) is 3.38. The van der Waals surface area contributed by atoms with E-state index >= 15 is 0 Å². The first kappa shape index (κ1) is 14.6. The van der Waals surface area contributed by atoms with Crippen molar-refractivity contribution in [2.24, 2.45) is 0 Å². The second-order valence-corrected chi connectivity index (χ2v) is 4.68. The fourth-order valence-corrected chi connectivity index (χ4v) is 1.77. The topological polar surface area (TPSA) is 105 Å². The summed E-state index contributed by atoms with van der Waals surface area (Å²) in [6, 6.07) is 3.47. The van der Waals surface area contributed by atoms with Crippen LogP contribution in [0.1, 0.15) is 19.4 Å². The predicted octanol–water partition coefficient (Wildman–Crippen LogP) is 0.929. The van der Waals surface area contributed by atoms with Crippen molar-refractivity contribution in [1.82, 2.24) is 10.6 Å². The minimum Gasteiger partial charge on any atom is -0.508 e. The molecular formula is C14H14N2O5. The number of urea groups is 1. The average molecular weight is 290 g/mol. The van der Waals surface area contributed by atoms with Gasteiger partial charge in [0.1, 0.15) is 17.1 Å². The third-order valence-corrected chi connectivity index (χ3v) is 2.60. The van der Waals surface area contributed by atoms with Crippen LogP contribution >= 0.6 is 0 Å². The van der Waals surface area contributed by atoms with Gasteiger partial charge in [0.15, 0.2) is 0 Å². The number of barbiturate groups is 1. The normalized spacial score (nSPS) is 14.8. The van der Waals surface area contributed by atoms with E-state index in [9.17, 15) is 19.5 Å². The largest absolute Gasteiger partial charge is 0.508 e. The molecule has 0 unspecified atom stereocenters. The highest BCUT2D eigenvalue weighted by molar-refractivity contribution is 6.31. The minimum absolute atomic E-state index is 0.0364. The molecule has 1 saturated heterocycles. The van der Waals surface area contributed by atoms with Crippen LogP contribution in [0.5, 0.6) is 11.5 Å². The molecule has 3 N–H and O–H groups in total. The van der Waals surface area contributed by atoms with E-state index in [2.05, 4.69) is 0 Å². The maximum Gasteiger partial charge on any atom is 0.328 e. The van der Waals surface area contributed by atoms with Gasteiger partial charge in [0, 0.05) is 5.56 Å². The number of benzene rings is 1. The van der Waals surface area contributed by atoms with E-state index in [0.29, 0.717) is 11.3 Å². The summed E-state index contributed by atoms with van der Waals surface area (Å²) in [5.74, 6) is -1.23. The number of phenolic OH excluding ortho intramolecular Hbond substituents is 1. The molecule has 1 heterocycles. The maximum absolute atomic E-state index is 11.7. The fourth-order valence-electron chi connectivity index (χ4n) is 1.77. The quantitative estimate of drug-likeness (QED) is 0.567. The van der Waals surface area contributed by atoms with Crippen molar-refractivity contribution in [2.45, 2.75) is 20.0 Å². The summed E-state index contributed by atoms with van der Waals surface area (Å²) in [6.45, 7) is 3.64. The smallest absolute Gasteiger partial charge is 0.328 e. The first-order valence-corrected chi connectivity index (χ1v) is 6.25. The number of aromatic hydroxyl groups is 1. The van der Waals surface area contributed by atoms with Gasteiger partial charge in [0.2, 0.25) is 0 Å². The van der Waals surface area contributed by atoms with Gasteiger partial charge in [0.05, 0.1) is 6.10 Å². The lowest BCUT2D eigenvalue weighted by Gasteiger charge is -2.16. The van der Waals surface area contributed by atoms with Gasteiger partial charge in [-0.15, -0.1) is 0 Å². The molecule has 1 aliphatic heterocycles. The Hall–Kier alpha value is -2.83. The lowest BCUT2D eigenvalue weighted by molar-refractivity contribution is -0.123. The molecule has 1 aromatic carbocycles. The van der Waals surface area contributed by atoms with Gasteiger partial charge in [-0.25, -0.2) is 4.79 Å². The number of carbonyl (C=O) groups excluding carboxylic acids is 3. The van der Waals surface area contributed by atoms with Crippen molar-refractivity contribution < 1.29 is 24.2 Å². The molecule has 1 fully saturated rings. The molecule has 2 rings (SSSR count). The van der Waals surface area contributed by atoms with Crippen molar-refractivity contribution >= 4 is 23.9 Å². The number of amides is 4. The van der Waals surface area contributed by atoms with E-state index in [1.165, 1.54) is 24.3 Å². The van der Waals surface area contributed by atoms with Crippen LogP contribution in [0, 0.1) is 0 Å². The molecule has 7 heteroatoms. The van der Waals surface area contributed by atoms with Crippen molar-refractivity contribution in [3.05, 3.63) is 29.3 Å². The van der Waals surface area contributed by atoms with Gasteiger partial charge in [-0.3, -0.25) is 20.2 Å². The molecule has 0 radical (unpaired) electrons. The Bertz CT molecular complexity index is 627. The van der Waals surface area contributed by atoms with Crippen LogP contribution in [-0.4, -0.2) is 29.1 Å². The summed E-state index contributed by atoms with van der Waals surface area (Å²) in [7, 11) is 0. The number of ether oxygens (including phenoxy) is 1. The van der Waals surface area contributed by atoms with E-state index in [4.69, 9.17) is 4.74 Å². The number of hydrogen-bond donors (Lipinski definition) is 3. The Morgan fingerprint density at radius 3 is 2.33 bits per heavy atom. The number of nitrogens with one attached hydrogen (secondary N) is 2. The van der Waals surface area contributed by atoms with Crippen LogP contribution in [0.2, 0.25) is 0 Å². The predicted molar refractivity (Wildman–Crippen MR) is 73.5 cm³/mol. The average Bonchev–Trinajstić information content (AvgIpc) is 2.36. The first-order chi connectivity index (χ1) is 9.86. The number of phenols is 1. The van der Waals surface area contributed by atoms with E-state index in [1.807, 2.05) is 24.5 Å². The van der Waals surface area contributed by atoms with Crippen molar-refractivity contribution in [3.63, 3.8) is 0 Å². The highest BCUT2D eigenvalue weighted by Gasteiger charge is 2.28. The van der Waals surface area contributed by atoms with E-state index in [-0.39, 0.29) is 17.4 Å². The second kappa shape index (κ2) is 5.66. The molecule has 0 saturated carbocycles. The van der Waals surface area contributed by atoms with Gasteiger partial charge in [-0.2, -0.15) is 0 Å². The van der Waals surface area contributed by atoms with Crippen molar-refractivity contribution in [2.75, 3.05) is 0 Å². The van der Waals surface area contributed by atoms with Crippen molar-refractivity contribution in [1.29, 1.82) is 0 Å². The van der Waals surface area contributed by atoms with Crippen LogP contribution in [-0.2, 0) is 9.59 Å². The first-order valence-electron chi connectivity index (χ1n) is 6.25. The monoisotopic (exact) mass is 290 g/mol. The zero-order valence-corrected chi connectivity index (χ0v) is 11.5. The standard InChI is InChI=1S/C14H14N2O5/c1-7(2)21-11-4-3-9(17)5-8(11)6-10-12(18)15-14(20)16-13(10)19/h3-7,17H,1-2H3,(H2,15,16,18,19,20). The number of imide groups is 2. The van der Waals surface area contributed by atoms with Crippen LogP contribution in [0.4, 0.5) is 4.79 Å². The SMILES string of the molecule is CC(C)Oc1ccc(O)cc1C=C1C(=O)NC(=O)NC1=O. The van der Waals surface area contributed by atoms with Gasteiger partial charge in [0.25, 0.3) is 11.8 Å². The molecule has 1 aliphatic rings. The summed E-state index contributed by atoms with van der Waals surface area (Å²) < 4.78 is 5.55. The van der Waals surface area contributed by atoms with E-state index in [0.717, 1.165) is 0 Å². The van der Waals surface area contributed by atoms with E-state index in [1.54, 1.807) is 0 Å². The molecule has 0 aliphatic carbocycles. The molecule has 0 aromatic heterocycles. The third-order valence-electron chi connectivity index (χ3n) is 2.60. The molecule has 110 valence electrons. The van der Waals surface area contributed by atoms with Gasteiger partial charge >= 0.3 is 6.03 Å². The lowest BCUT2D eigenvalue weighted by Crippen LogP contribution is -2.51. The Labute approximate surface area is 120 Å². The van der Waals surface area contributed by atoms with E-state index < -0.39 is 17.8 Å². The molecule has 4 amide bonds. The number of rotatable bonds is 3. The lowest BCUT2D eigenvalue weighted by atomic mass is 10.1. The highest BCUT2D eigenvalue weighted by atomic mass is 16.5. The van der Waals surface area contributed by atoms with Gasteiger partial charge in [-0.1, -0.05) is 0 Å². The minimum atomic E-state index is -0.864. The van der Waals surface area contributed by atoms with Crippen molar-refractivity contribution in [3.8, 4) is 11.5 Å². The molecule has 21 heavy (non-hydrogen) atoms. The zero-order valence-electron chi connectivity index (χ0n) is 11.5. The number of hydrogen-bond acceptors (Lipinski definition) is 5. The fraction of sp³-hybridized carbons (Fsp3) is 0.214. The molecule has 1 aromatic rings. The summed E-state index contributed by atoms with van der Waals surface area (Å²) >= 11 is 0. The van der Waals surface area contributed by atoms with Gasteiger partial charge in [-0.05, 0) is 38.1 Å². The molecule has 0 atom stereocenters. The summed E-state index contributed by atoms with van der Waals surface area (Å²) in [5, 5.41) is 13.5. The van der Waals surface area contributed by atoms with Crippen LogP contribution in [0.3, 0.4) is 0 Å². The molecular weight excluding hydrogens is 276 g/mol. The second-order valence-electron chi connectivity index (χ2n) is 4.68. The molecule has 0 spiro atoms. The summed E-state index contributed by atoms with van der Waals surface area (Å²) in [4.78, 5) is 34.3. The molecule has 7 nitrogen and oxygen atoms in total. The zero-order chi connectivity index (χ0) is 15.6. The Kier molecular flexibility index (Phi) is 3.93. The Balaban J connectivity index is 2.43. The molecule has 0 bridgehead atoms. The number of carbonyl (C=O) groups is 3. The van der Waals surface area contributed by atoms with Gasteiger partial charge < -0.3 is 9.84 Å². The Morgan fingerprint density at radius 2 is 1.76 bits per heavy atom. The Morgan fingerprint density at radius 1 is 1.14 bits per heavy atom.